The third kappa shape index (κ3) is 4.01. The molecule has 0 bridgehead atoms. The van der Waals surface area contributed by atoms with Crippen LogP contribution in [0.4, 0.5) is 17.5 Å². The van der Waals surface area contributed by atoms with Crippen molar-refractivity contribution in [1.29, 1.82) is 0 Å². The first-order valence-corrected chi connectivity index (χ1v) is 7.20. The maximum Gasteiger partial charge on any atom is 0.332 e. The zero-order chi connectivity index (χ0) is 15.2. The maximum absolute atomic E-state index is 11.2. The van der Waals surface area contributed by atoms with Gasteiger partial charge in [-0.2, -0.15) is 4.98 Å². The van der Waals surface area contributed by atoms with Crippen LogP contribution >= 0.6 is 0 Å². The Morgan fingerprint density at radius 3 is 2.86 bits per heavy atom. The molecule has 1 aliphatic rings. The molecule has 1 unspecified atom stereocenters. The predicted molar refractivity (Wildman–Crippen MR) is 79.6 cm³/mol. The van der Waals surface area contributed by atoms with E-state index in [1.165, 1.54) is 0 Å². The van der Waals surface area contributed by atoms with Crippen LogP contribution in [0.15, 0.2) is 0 Å². The summed E-state index contributed by atoms with van der Waals surface area (Å²) in [6.45, 7) is 6.44. The van der Waals surface area contributed by atoms with E-state index in [1.54, 1.807) is 6.92 Å². The quantitative estimate of drug-likeness (QED) is 0.585. The summed E-state index contributed by atoms with van der Waals surface area (Å²) in [7, 11) is 0. The smallest absolute Gasteiger partial charge is 0.332 e. The van der Waals surface area contributed by atoms with Crippen molar-refractivity contribution in [1.82, 2.24) is 9.97 Å². The normalized spacial score (nSPS) is 17.7. The van der Waals surface area contributed by atoms with Gasteiger partial charge in [0.2, 0.25) is 11.8 Å². The Kier molecular flexibility index (Phi) is 5.26. The topological polar surface area (TPSA) is 102 Å². The average molecular weight is 295 g/mol. The van der Waals surface area contributed by atoms with E-state index in [4.69, 9.17) is 4.74 Å². The first-order chi connectivity index (χ1) is 10.1. The van der Waals surface area contributed by atoms with E-state index in [0.29, 0.717) is 30.7 Å². The monoisotopic (exact) mass is 295 g/mol. The first kappa shape index (κ1) is 15.4. The van der Waals surface area contributed by atoms with Gasteiger partial charge in [0.25, 0.3) is 0 Å². The van der Waals surface area contributed by atoms with Crippen molar-refractivity contribution in [2.75, 3.05) is 36.9 Å². The lowest BCUT2D eigenvalue weighted by molar-refractivity contribution is -0.385. The molecule has 2 heterocycles. The van der Waals surface area contributed by atoms with Gasteiger partial charge in [-0.25, -0.2) is 4.98 Å². The molecule has 0 aromatic carbocycles. The van der Waals surface area contributed by atoms with Gasteiger partial charge in [-0.15, -0.1) is 0 Å². The van der Waals surface area contributed by atoms with Crippen molar-refractivity contribution in [3.8, 4) is 0 Å². The number of anilines is 2. The highest BCUT2D eigenvalue weighted by molar-refractivity contribution is 5.60. The molecule has 8 heteroatoms. The minimum atomic E-state index is -0.438. The number of ether oxygens (including phenoxy) is 1. The molecule has 1 atom stereocenters. The lowest BCUT2D eigenvalue weighted by Gasteiger charge is -2.12. The van der Waals surface area contributed by atoms with Gasteiger partial charge in [-0.05, 0) is 19.8 Å². The molecule has 1 aliphatic heterocycles. The Morgan fingerprint density at radius 2 is 2.24 bits per heavy atom. The molecule has 1 aromatic heterocycles. The van der Waals surface area contributed by atoms with Crippen LogP contribution in [0.2, 0.25) is 0 Å². The molecule has 1 aromatic rings. The molecule has 2 rings (SSSR count). The maximum atomic E-state index is 11.2. The van der Waals surface area contributed by atoms with E-state index in [9.17, 15) is 10.1 Å². The average Bonchev–Trinajstić information content (AvgIpc) is 2.95. The molecule has 2 N–H and O–H groups in total. The molecule has 0 saturated carbocycles. The number of aryl methyl sites for hydroxylation is 1. The summed E-state index contributed by atoms with van der Waals surface area (Å²) in [6, 6.07) is 0. The second-order valence-electron chi connectivity index (χ2n) is 5.12. The van der Waals surface area contributed by atoms with Crippen molar-refractivity contribution in [2.24, 2.45) is 5.92 Å². The van der Waals surface area contributed by atoms with E-state index in [-0.39, 0.29) is 11.5 Å². The molecule has 1 saturated heterocycles. The zero-order valence-corrected chi connectivity index (χ0v) is 12.4. The SMILES string of the molecule is CCCNc1nc(C)c([N+](=O)[O-])c(NCC2CCOC2)n1. The summed E-state index contributed by atoms with van der Waals surface area (Å²) in [5.41, 5.74) is 0.301. The summed E-state index contributed by atoms with van der Waals surface area (Å²) in [6.07, 6.45) is 1.90. The van der Waals surface area contributed by atoms with E-state index < -0.39 is 4.92 Å². The Bertz CT molecular complexity index is 503. The van der Waals surface area contributed by atoms with Crippen LogP contribution in [0.25, 0.3) is 0 Å². The van der Waals surface area contributed by atoms with E-state index in [1.807, 2.05) is 6.92 Å². The van der Waals surface area contributed by atoms with Crippen LogP contribution in [0, 0.1) is 23.0 Å². The molecule has 116 valence electrons. The minimum Gasteiger partial charge on any atom is -0.381 e. The standard InChI is InChI=1S/C13H21N5O3/c1-3-5-14-13-16-9(2)11(18(19)20)12(17-13)15-7-10-4-6-21-8-10/h10H,3-8H2,1-2H3,(H2,14,15,16,17). The lowest BCUT2D eigenvalue weighted by Crippen LogP contribution is -2.17. The number of aromatic nitrogens is 2. The van der Waals surface area contributed by atoms with E-state index >= 15 is 0 Å². The number of nitro groups is 1. The van der Waals surface area contributed by atoms with Gasteiger partial charge in [0.1, 0.15) is 5.69 Å². The van der Waals surface area contributed by atoms with Crippen LogP contribution < -0.4 is 10.6 Å². The Hall–Kier alpha value is -1.96. The van der Waals surface area contributed by atoms with Crippen LogP contribution in [-0.4, -0.2) is 41.2 Å². The number of nitrogens with one attached hydrogen (secondary N) is 2. The second-order valence-corrected chi connectivity index (χ2v) is 5.12. The number of hydrogen-bond donors (Lipinski definition) is 2. The Labute approximate surface area is 123 Å². The van der Waals surface area contributed by atoms with Crippen molar-refractivity contribution in [2.45, 2.75) is 26.7 Å². The highest BCUT2D eigenvalue weighted by atomic mass is 16.6. The van der Waals surface area contributed by atoms with Gasteiger partial charge >= 0.3 is 5.69 Å². The number of hydrogen-bond acceptors (Lipinski definition) is 7. The summed E-state index contributed by atoms with van der Waals surface area (Å²) in [5.74, 6) is 1.06. The fourth-order valence-electron chi connectivity index (χ4n) is 2.21. The number of rotatable bonds is 7. The fraction of sp³-hybridized carbons (Fsp3) is 0.692. The third-order valence-electron chi connectivity index (χ3n) is 3.36. The zero-order valence-electron chi connectivity index (χ0n) is 12.4. The minimum absolute atomic E-state index is 0.0593. The lowest BCUT2D eigenvalue weighted by atomic mass is 10.1. The predicted octanol–water partition coefficient (Wildman–Crippen LogP) is 1.96. The van der Waals surface area contributed by atoms with E-state index in [2.05, 4.69) is 20.6 Å². The molecular weight excluding hydrogens is 274 g/mol. The number of nitrogens with zero attached hydrogens (tertiary/aromatic N) is 3. The van der Waals surface area contributed by atoms with Gasteiger partial charge in [0.05, 0.1) is 11.5 Å². The molecule has 0 spiro atoms. The highest BCUT2D eigenvalue weighted by Gasteiger charge is 2.23. The van der Waals surface area contributed by atoms with Crippen LogP contribution in [0.5, 0.6) is 0 Å². The van der Waals surface area contributed by atoms with Crippen LogP contribution in [-0.2, 0) is 4.74 Å². The van der Waals surface area contributed by atoms with Crippen LogP contribution in [0.1, 0.15) is 25.5 Å². The molecule has 8 nitrogen and oxygen atoms in total. The summed E-state index contributed by atoms with van der Waals surface area (Å²) in [5, 5.41) is 17.3. The van der Waals surface area contributed by atoms with Gasteiger partial charge in [0.15, 0.2) is 0 Å². The highest BCUT2D eigenvalue weighted by Crippen LogP contribution is 2.27. The van der Waals surface area contributed by atoms with Gasteiger partial charge in [-0.1, -0.05) is 6.92 Å². The molecule has 1 fully saturated rings. The molecule has 21 heavy (non-hydrogen) atoms. The Morgan fingerprint density at radius 1 is 1.43 bits per heavy atom. The van der Waals surface area contributed by atoms with E-state index in [0.717, 1.165) is 26.0 Å². The summed E-state index contributed by atoms with van der Waals surface area (Å²) < 4.78 is 5.30. The summed E-state index contributed by atoms with van der Waals surface area (Å²) >= 11 is 0. The molecule has 0 radical (unpaired) electrons. The molecule has 0 amide bonds. The van der Waals surface area contributed by atoms with Crippen molar-refractivity contribution in [3.05, 3.63) is 15.8 Å². The van der Waals surface area contributed by atoms with Crippen LogP contribution in [0.3, 0.4) is 0 Å². The van der Waals surface area contributed by atoms with Crippen molar-refractivity contribution in [3.63, 3.8) is 0 Å². The fourth-order valence-corrected chi connectivity index (χ4v) is 2.21. The van der Waals surface area contributed by atoms with Gasteiger partial charge in [-0.3, -0.25) is 10.1 Å². The molecular formula is C13H21N5O3. The third-order valence-corrected chi connectivity index (χ3v) is 3.36. The first-order valence-electron chi connectivity index (χ1n) is 7.20. The van der Waals surface area contributed by atoms with Crippen molar-refractivity contribution < 1.29 is 9.66 Å². The van der Waals surface area contributed by atoms with Crippen molar-refractivity contribution >= 4 is 17.5 Å². The largest absolute Gasteiger partial charge is 0.381 e. The Balaban J connectivity index is 2.17. The molecule has 0 aliphatic carbocycles. The van der Waals surface area contributed by atoms with Gasteiger partial charge < -0.3 is 15.4 Å². The van der Waals surface area contributed by atoms with Gasteiger partial charge in [0, 0.05) is 25.6 Å². The summed E-state index contributed by atoms with van der Waals surface area (Å²) in [4.78, 5) is 19.1. The second kappa shape index (κ2) is 7.16.